The lowest BCUT2D eigenvalue weighted by Gasteiger charge is -1.86. The number of thiophene rings is 1. The third-order valence-electron chi connectivity index (χ3n) is 1.75. The maximum Gasteiger partial charge on any atom is 0.0123 e. The molecule has 48 valence electrons. The van der Waals surface area contributed by atoms with Gasteiger partial charge in [0.15, 0.2) is 0 Å². The van der Waals surface area contributed by atoms with Gasteiger partial charge in [0.05, 0.1) is 0 Å². The van der Waals surface area contributed by atoms with Crippen LogP contribution in [-0.4, -0.2) is 6.04 Å². The van der Waals surface area contributed by atoms with Crippen molar-refractivity contribution in [1.82, 2.24) is 0 Å². The zero-order valence-electron chi connectivity index (χ0n) is 5.08. The fourth-order valence-corrected chi connectivity index (χ4v) is 1.96. The van der Waals surface area contributed by atoms with Crippen LogP contribution in [-0.2, 0) is 0 Å². The Morgan fingerprint density at radius 1 is 1.67 bits per heavy atom. The van der Waals surface area contributed by atoms with Gasteiger partial charge in [0.2, 0.25) is 0 Å². The van der Waals surface area contributed by atoms with Crippen LogP contribution in [0.2, 0.25) is 0 Å². The second kappa shape index (κ2) is 1.82. The summed E-state index contributed by atoms with van der Waals surface area (Å²) in [6, 6.07) is 4.72. The highest BCUT2D eigenvalue weighted by Gasteiger charge is 2.35. The van der Waals surface area contributed by atoms with Crippen LogP contribution >= 0.6 is 11.3 Å². The molecular formula is C7H9NS. The summed E-state index contributed by atoms with van der Waals surface area (Å²) in [5.41, 5.74) is 5.66. The quantitative estimate of drug-likeness (QED) is 0.628. The summed E-state index contributed by atoms with van der Waals surface area (Å²) in [4.78, 5) is 1.46. The molecule has 2 N–H and O–H groups in total. The van der Waals surface area contributed by atoms with Crippen molar-refractivity contribution in [1.29, 1.82) is 0 Å². The van der Waals surface area contributed by atoms with E-state index in [0.717, 1.165) is 0 Å². The molecule has 1 nitrogen and oxygen atoms in total. The standard InChI is InChI=1S/C7H9NS/c8-6-4-5(6)7-2-1-3-9-7/h1-3,5-6H,4,8H2/t5-,6+/m1/s1. The van der Waals surface area contributed by atoms with Crippen molar-refractivity contribution in [2.45, 2.75) is 18.4 Å². The largest absolute Gasteiger partial charge is 0.327 e. The van der Waals surface area contributed by atoms with Gasteiger partial charge in [-0.2, -0.15) is 0 Å². The molecule has 0 aromatic carbocycles. The smallest absolute Gasteiger partial charge is 0.0123 e. The Balaban J connectivity index is 2.18. The molecule has 0 aliphatic heterocycles. The summed E-state index contributed by atoms with van der Waals surface area (Å²) < 4.78 is 0. The first kappa shape index (κ1) is 5.45. The van der Waals surface area contributed by atoms with Crippen molar-refractivity contribution in [2.75, 3.05) is 0 Å². The normalized spacial score (nSPS) is 32.6. The summed E-state index contributed by atoms with van der Waals surface area (Å²) >= 11 is 1.82. The lowest BCUT2D eigenvalue weighted by molar-refractivity contribution is 1.01. The fourth-order valence-electron chi connectivity index (χ4n) is 1.04. The molecule has 9 heavy (non-hydrogen) atoms. The van der Waals surface area contributed by atoms with Crippen LogP contribution in [0.15, 0.2) is 17.5 Å². The Labute approximate surface area is 58.5 Å². The molecule has 1 aliphatic rings. The van der Waals surface area contributed by atoms with E-state index in [1.807, 2.05) is 11.3 Å². The van der Waals surface area contributed by atoms with Crippen LogP contribution in [0.4, 0.5) is 0 Å². The van der Waals surface area contributed by atoms with Gasteiger partial charge in [0, 0.05) is 16.8 Å². The van der Waals surface area contributed by atoms with Gasteiger partial charge in [0.1, 0.15) is 0 Å². The molecule has 0 spiro atoms. The number of nitrogens with two attached hydrogens (primary N) is 1. The van der Waals surface area contributed by atoms with Crippen molar-refractivity contribution in [3.63, 3.8) is 0 Å². The number of hydrogen-bond acceptors (Lipinski definition) is 2. The minimum atomic E-state index is 0.462. The molecular weight excluding hydrogens is 130 g/mol. The molecule has 1 aromatic heterocycles. The molecule has 0 unspecified atom stereocenters. The predicted octanol–water partition coefficient (Wildman–Crippen LogP) is 1.56. The van der Waals surface area contributed by atoms with Crippen molar-refractivity contribution < 1.29 is 0 Å². The van der Waals surface area contributed by atoms with E-state index in [9.17, 15) is 0 Å². The van der Waals surface area contributed by atoms with E-state index < -0.39 is 0 Å². The summed E-state index contributed by atoms with van der Waals surface area (Å²) in [7, 11) is 0. The predicted molar refractivity (Wildman–Crippen MR) is 39.7 cm³/mol. The molecule has 1 aliphatic carbocycles. The molecule has 0 amide bonds. The molecule has 1 saturated carbocycles. The maximum absolute atomic E-state index is 5.66. The maximum atomic E-state index is 5.66. The van der Waals surface area contributed by atoms with Gasteiger partial charge in [0.25, 0.3) is 0 Å². The number of hydrogen-bond donors (Lipinski definition) is 1. The van der Waals surface area contributed by atoms with Gasteiger partial charge < -0.3 is 5.73 Å². The molecule has 2 rings (SSSR count). The molecule has 2 heteroatoms. The van der Waals surface area contributed by atoms with Crippen molar-refractivity contribution in [2.24, 2.45) is 5.73 Å². The lowest BCUT2D eigenvalue weighted by Crippen LogP contribution is -1.99. The van der Waals surface area contributed by atoms with Gasteiger partial charge in [-0.05, 0) is 17.9 Å². The topological polar surface area (TPSA) is 26.0 Å². The molecule has 1 aromatic rings. The van der Waals surface area contributed by atoms with E-state index in [1.54, 1.807) is 0 Å². The van der Waals surface area contributed by atoms with Crippen molar-refractivity contribution in [3.05, 3.63) is 22.4 Å². The van der Waals surface area contributed by atoms with Crippen LogP contribution in [0.5, 0.6) is 0 Å². The first-order chi connectivity index (χ1) is 4.38. The fraction of sp³-hybridized carbons (Fsp3) is 0.429. The molecule has 0 saturated heterocycles. The Morgan fingerprint density at radius 3 is 2.89 bits per heavy atom. The van der Waals surface area contributed by atoms with Gasteiger partial charge >= 0.3 is 0 Å². The van der Waals surface area contributed by atoms with Gasteiger partial charge in [-0.25, -0.2) is 0 Å². The Morgan fingerprint density at radius 2 is 2.44 bits per heavy atom. The first-order valence-electron chi connectivity index (χ1n) is 3.17. The second-order valence-electron chi connectivity index (χ2n) is 2.52. The molecule has 1 heterocycles. The average molecular weight is 139 g/mol. The van der Waals surface area contributed by atoms with E-state index in [2.05, 4.69) is 17.5 Å². The van der Waals surface area contributed by atoms with Crippen molar-refractivity contribution >= 4 is 11.3 Å². The van der Waals surface area contributed by atoms with Gasteiger partial charge in [-0.15, -0.1) is 11.3 Å². The Bertz CT molecular complexity index is 193. The van der Waals surface area contributed by atoms with Crippen LogP contribution in [0, 0.1) is 0 Å². The highest BCUT2D eigenvalue weighted by Crippen LogP contribution is 2.40. The van der Waals surface area contributed by atoms with Gasteiger partial charge in [-0.1, -0.05) is 6.07 Å². The van der Waals surface area contributed by atoms with E-state index in [-0.39, 0.29) is 0 Å². The number of rotatable bonds is 1. The van der Waals surface area contributed by atoms with Gasteiger partial charge in [-0.3, -0.25) is 0 Å². The van der Waals surface area contributed by atoms with Crippen molar-refractivity contribution in [3.8, 4) is 0 Å². The molecule has 0 radical (unpaired) electrons. The van der Waals surface area contributed by atoms with Crippen LogP contribution in [0.3, 0.4) is 0 Å². The summed E-state index contributed by atoms with van der Waals surface area (Å²) in [5, 5.41) is 2.11. The molecule has 2 atom stereocenters. The zero-order valence-corrected chi connectivity index (χ0v) is 5.90. The molecule has 1 fully saturated rings. The summed E-state index contributed by atoms with van der Waals surface area (Å²) in [5.74, 6) is 0.699. The Kier molecular flexibility index (Phi) is 1.10. The Hall–Kier alpha value is -0.340. The first-order valence-corrected chi connectivity index (χ1v) is 4.05. The minimum Gasteiger partial charge on any atom is -0.327 e. The monoisotopic (exact) mass is 139 g/mol. The molecule has 0 bridgehead atoms. The lowest BCUT2D eigenvalue weighted by atomic mass is 10.3. The SMILES string of the molecule is N[C@H]1C[C@H]1c1cccs1. The zero-order chi connectivity index (χ0) is 6.27. The van der Waals surface area contributed by atoms with Crippen LogP contribution in [0.1, 0.15) is 17.2 Å². The van der Waals surface area contributed by atoms with E-state index >= 15 is 0 Å². The third-order valence-corrected chi connectivity index (χ3v) is 2.75. The highest BCUT2D eigenvalue weighted by atomic mass is 32.1. The van der Waals surface area contributed by atoms with Crippen LogP contribution in [0.25, 0.3) is 0 Å². The van der Waals surface area contributed by atoms with E-state index in [0.29, 0.717) is 12.0 Å². The summed E-state index contributed by atoms with van der Waals surface area (Å²) in [6.45, 7) is 0. The second-order valence-corrected chi connectivity index (χ2v) is 3.50. The average Bonchev–Trinajstić information content (AvgIpc) is 2.44. The van der Waals surface area contributed by atoms with E-state index in [4.69, 9.17) is 5.73 Å². The third kappa shape index (κ3) is 0.884. The van der Waals surface area contributed by atoms with E-state index in [1.165, 1.54) is 11.3 Å². The highest BCUT2D eigenvalue weighted by molar-refractivity contribution is 7.10. The minimum absolute atomic E-state index is 0.462. The van der Waals surface area contributed by atoms with Crippen LogP contribution < -0.4 is 5.73 Å². The summed E-state index contributed by atoms with van der Waals surface area (Å²) in [6.07, 6.45) is 1.19.